The van der Waals surface area contributed by atoms with Gasteiger partial charge in [0.15, 0.2) is 5.43 Å². The summed E-state index contributed by atoms with van der Waals surface area (Å²) in [6.45, 7) is 6.81. The molecule has 5 nitrogen and oxygen atoms in total. The van der Waals surface area contributed by atoms with Crippen LogP contribution in [-0.2, 0) is 6.42 Å². The maximum absolute atomic E-state index is 13.8. The number of hydrogen-bond acceptors (Lipinski definition) is 4. The number of amides is 1. The third kappa shape index (κ3) is 4.12. The van der Waals surface area contributed by atoms with Gasteiger partial charge in [-0.05, 0) is 67.3 Å². The lowest BCUT2D eigenvalue weighted by atomic mass is 9.97. The highest BCUT2D eigenvalue weighted by Gasteiger charge is 2.43. The van der Waals surface area contributed by atoms with Gasteiger partial charge in [-0.15, -0.1) is 0 Å². The maximum atomic E-state index is 13.8. The number of aryl methyl sites for hydroxylation is 2. The van der Waals surface area contributed by atoms with E-state index in [2.05, 4.69) is 13.8 Å². The van der Waals surface area contributed by atoms with Crippen molar-refractivity contribution in [3.8, 4) is 5.75 Å². The van der Waals surface area contributed by atoms with Gasteiger partial charge < -0.3 is 9.15 Å². The summed E-state index contributed by atoms with van der Waals surface area (Å²) in [5.41, 5.74) is 4.34. The van der Waals surface area contributed by atoms with Gasteiger partial charge in [-0.1, -0.05) is 56.2 Å². The second-order valence-corrected chi connectivity index (χ2v) is 9.04. The van der Waals surface area contributed by atoms with Crippen LogP contribution >= 0.6 is 0 Å². The van der Waals surface area contributed by atoms with Crippen molar-refractivity contribution in [2.75, 3.05) is 11.5 Å². The predicted molar refractivity (Wildman–Crippen MR) is 139 cm³/mol. The highest BCUT2D eigenvalue weighted by molar-refractivity contribution is 6.10. The van der Waals surface area contributed by atoms with Crippen LogP contribution in [0.2, 0.25) is 0 Å². The molecule has 4 aromatic rings. The number of nitrogens with zero attached hydrogens (tertiary/aromatic N) is 1. The third-order valence-electron chi connectivity index (χ3n) is 6.61. The SMILES string of the molecule is CCCCOc1ccc(C2c3c(oc4ccc(C)cc4c3=O)C(=O)N2c2ccc(CC)cc2)cc1. The fourth-order valence-corrected chi connectivity index (χ4v) is 4.64. The number of hydrogen-bond donors (Lipinski definition) is 0. The number of anilines is 1. The highest BCUT2D eigenvalue weighted by atomic mass is 16.5. The first-order valence-electron chi connectivity index (χ1n) is 12.2. The molecule has 0 radical (unpaired) electrons. The fraction of sp³-hybridized carbons (Fsp3) is 0.267. The molecule has 1 aliphatic heterocycles. The summed E-state index contributed by atoms with van der Waals surface area (Å²) in [5.74, 6) is 0.572. The molecular weight excluding hydrogens is 438 g/mol. The van der Waals surface area contributed by atoms with Crippen molar-refractivity contribution in [2.45, 2.75) is 46.1 Å². The van der Waals surface area contributed by atoms with Crippen molar-refractivity contribution in [1.82, 2.24) is 0 Å². The van der Waals surface area contributed by atoms with Crippen molar-refractivity contribution in [2.24, 2.45) is 0 Å². The molecule has 3 aromatic carbocycles. The highest BCUT2D eigenvalue weighted by Crippen LogP contribution is 2.41. The summed E-state index contributed by atoms with van der Waals surface area (Å²) in [5, 5.41) is 0.490. The molecule has 5 rings (SSSR count). The molecule has 0 bridgehead atoms. The minimum atomic E-state index is -0.587. The lowest BCUT2D eigenvalue weighted by Crippen LogP contribution is -2.29. The molecule has 2 heterocycles. The van der Waals surface area contributed by atoms with Gasteiger partial charge in [-0.25, -0.2) is 0 Å². The van der Waals surface area contributed by atoms with Gasteiger partial charge >= 0.3 is 0 Å². The molecule has 0 spiro atoms. The number of carbonyl (C=O) groups is 1. The average Bonchev–Trinajstić information content (AvgIpc) is 3.17. The Balaban J connectivity index is 1.66. The zero-order valence-corrected chi connectivity index (χ0v) is 20.3. The maximum Gasteiger partial charge on any atom is 0.295 e. The lowest BCUT2D eigenvalue weighted by molar-refractivity contribution is 0.0971. The van der Waals surface area contributed by atoms with Crippen LogP contribution in [0.3, 0.4) is 0 Å². The first kappa shape index (κ1) is 22.9. The molecule has 0 N–H and O–H groups in total. The van der Waals surface area contributed by atoms with Crippen molar-refractivity contribution in [1.29, 1.82) is 0 Å². The molecule has 1 atom stereocenters. The van der Waals surface area contributed by atoms with E-state index in [1.165, 1.54) is 5.56 Å². The van der Waals surface area contributed by atoms with E-state index in [9.17, 15) is 9.59 Å². The van der Waals surface area contributed by atoms with E-state index in [1.807, 2.05) is 67.6 Å². The van der Waals surface area contributed by atoms with Gasteiger partial charge in [-0.3, -0.25) is 14.5 Å². The Hall–Kier alpha value is -3.86. The molecule has 1 unspecified atom stereocenters. The third-order valence-corrected chi connectivity index (χ3v) is 6.61. The van der Waals surface area contributed by atoms with Gasteiger partial charge in [0.2, 0.25) is 5.76 Å². The van der Waals surface area contributed by atoms with Gasteiger partial charge in [0.25, 0.3) is 5.91 Å². The van der Waals surface area contributed by atoms with Crippen LogP contribution in [0.4, 0.5) is 5.69 Å². The Bertz CT molecular complexity index is 1430. The largest absolute Gasteiger partial charge is 0.494 e. The molecule has 0 aliphatic carbocycles. The van der Waals surface area contributed by atoms with Gasteiger partial charge in [-0.2, -0.15) is 0 Å². The Morgan fingerprint density at radius 3 is 2.37 bits per heavy atom. The van der Waals surface area contributed by atoms with Crippen molar-refractivity contribution in [3.63, 3.8) is 0 Å². The average molecular weight is 468 g/mol. The summed E-state index contributed by atoms with van der Waals surface area (Å²) < 4.78 is 11.9. The molecule has 0 saturated carbocycles. The van der Waals surface area contributed by atoms with E-state index in [4.69, 9.17) is 9.15 Å². The van der Waals surface area contributed by atoms with Gasteiger partial charge in [0, 0.05) is 5.69 Å². The van der Waals surface area contributed by atoms with Gasteiger partial charge in [0.1, 0.15) is 11.3 Å². The summed E-state index contributed by atoms with van der Waals surface area (Å²) in [6.07, 6.45) is 2.96. The Labute approximate surface area is 205 Å². The first-order chi connectivity index (χ1) is 17.0. The monoisotopic (exact) mass is 467 g/mol. The minimum Gasteiger partial charge on any atom is -0.494 e. The van der Waals surface area contributed by atoms with Crippen LogP contribution in [0.1, 0.15) is 65.5 Å². The van der Waals surface area contributed by atoms with E-state index in [0.717, 1.165) is 41.8 Å². The van der Waals surface area contributed by atoms with E-state index in [0.29, 0.717) is 23.1 Å². The smallest absolute Gasteiger partial charge is 0.295 e. The Kier molecular flexibility index (Phi) is 6.16. The van der Waals surface area contributed by atoms with E-state index >= 15 is 0 Å². The molecule has 1 amide bonds. The van der Waals surface area contributed by atoms with Crippen molar-refractivity contribution < 1.29 is 13.9 Å². The van der Waals surface area contributed by atoms with Crippen molar-refractivity contribution >= 4 is 22.6 Å². The standard InChI is InChI=1S/C30H29NO4/c1-4-6-17-34-23-14-10-21(11-15-23)27-26-28(32)24-18-19(3)7-16-25(24)35-29(26)30(33)31(27)22-12-8-20(5-2)9-13-22/h7-16,18,27H,4-6,17H2,1-3H3. The topological polar surface area (TPSA) is 59.8 Å². The number of fused-ring (bicyclic) bond motifs is 2. The molecule has 5 heteroatoms. The number of benzene rings is 3. The normalized spacial score (nSPS) is 15.0. The number of unbranched alkanes of at least 4 members (excludes halogenated alkanes) is 1. The Morgan fingerprint density at radius 2 is 1.69 bits per heavy atom. The van der Waals surface area contributed by atoms with Crippen LogP contribution in [0.15, 0.2) is 75.9 Å². The molecule has 35 heavy (non-hydrogen) atoms. The first-order valence-corrected chi connectivity index (χ1v) is 12.2. The molecular formula is C30H29NO4. The number of ether oxygens (including phenoxy) is 1. The number of rotatable bonds is 7. The quantitative estimate of drug-likeness (QED) is 0.288. The summed E-state index contributed by atoms with van der Waals surface area (Å²) in [6, 6.07) is 20.5. The summed E-state index contributed by atoms with van der Waals surface area (Å²) in [7, 11) is 0. The predicted octanol–water partition coefficient (Wildman–Crippen LogP) is 6.59. The van der Waals surface area contributed by atoms with E-state index in [1.54, 1.807) is 11.0 Å². The molecule has 0 saturated heterocycles. The van der Waals surface area contributed by atoms with Crippen LogP contribution in [0.5, 0.6) is 5.75 Å². The molecule has 0 fully saturated rings. The second kappa shape index (κ2) is 9.41. The zero-order valence-electron chi connectivity index (χ0n) is 20.3. The van der Waals surface area contributed by atoms with E-state index < -0.39 is 6.04 Å². The zero-order chi connectivity index (χ0) is 24.5. The van der Waals surface area contributed by atoms with Crippen LogP contribution < -0.4 is 15.1 Å². The molecule has 178 valence electrons. The second-order valence-electron chi connectivity index (χ2n) is 9.04. The molecule has 1 aromatic heterocycles. The van der Waals surface area contributed by atoms with Crippen LogP contribution in [0.25, 0.3) is 11.0 Å². The minimum absolute atomic E-state index is 0.110. The summed E-state index contributed by atoms with van der Waals surface area (Å²) >= 11 is 0. The Morgan fingerprint density at radius 1 is 0.943 bits per heavy atom. The van der Waals surface area contributed by atoms with Crippen LogP contribution in [0, 0.1) is 6.92 Å². The summed E-state index contributed by atoms with van der Waals surface area (Å²) in [4.78, 5) is 29.1. The van der Waals surface area contributed by atoms with Gasteiger partial charge in [0.05, 0.1) is 23.6 Å². The van der Waals surface area contributed by atoms with E-state index in [-0.39, 0.29) is 17.1 Å². The van der Waals surface area contributed by atoms with Crippen molar-refractivity contribution in [3.05, 3.63) is 105 Å². The number of carbonyl (C=O) groups excluding carboxylic acids is 1. The van der Waals surface area contributed by atoms with Crippen LogP contribution in [-0.4, -0.2) is 12.5 Å². The lowest BCUT2D eigenvalue weighted by Gasteiger charge is -2.25. The molecule has 1 aliphatic rings. The fourth-order valence-electron chi connectivity index (χ4n) is 4.64.